The van der Waals surface area contributed by atoms with Crippen LogP contribution in [0.2, 0.25) is 0 Å². The molecule has 148 valence electrons. The number of benzene rings is 1. The second kappa shape index (κ2) is 8.14. The zero-order valence-electron chi connectivity index (χ0n) is 16.0. The van der Waals surface area contributed by atoms with Gasteiger partial charge in [-0.15, -0.1) is 12.4 Å². The van der Waals surface area contributed by atoms with E-state index in [0.29, 0.717) is 12.3 Å². The molecule has 0 bridgehead atoms. The fourth-order valence-corrected chi connectivity index (χ4v) is 5.83. The van der Waals surface area contributed by atoms with E-state index < -0.39 is 0 Å². The molecular weight excluding hydrogens is 428 g/mol. The summed E-state index contributed by atoms with van der Waals surface area (Å²) in [5.41, 5.74) is 4.12. The Morgan fingerprint density at radius 1 is 1.41 bits per heavy atom. The van der Waals surface area contributed by atoms with Gasteiger partial charge >= 0.3 is 5.97 Å². The highest BCUT2D eigenvalue weighted by atomic mass is 79.9. The molecule has 4 nitrogen and oxygen atoms in total. The second-order valence-corrected chi connectivity index (χ2v) is 8.55. The quantitative estimate of drug-likeness (QED) is 0.646. The second-order valence-electron chi connectivity index (χ2n) is 7.64. The first kappa shape index (κ1) is 20.7. The zero-order valence-corrected chi connectivity index (χ0v) is 18.4. The average Bonchev–Trinajstić information content (AvgIpc) is 3.03. The van der Waals surface area contributed by atoms with Gasteiger partial charge < -0.3 is 9.72 Å². The first-order chi connectivity index (χ1) is 12.6. The Morgan fingerprint density at radius 3 is 2.96 bits per heavy atom. The Kier molecular flexibility index (Phi) is 6.24. The van der Waals surface area contributed by atoms with Crippen molar-refractivity contribution in [2.45, 2.75) is 51.0 Å². The molecule has 1 N–H and O–H groups in total. The van der Waals surface area contributed by atoms with Gasteiger partial charge in [-0.05, 0) is 62.3 Å². The van der Waals surface area contributed by atoms with Crippen LogP contribution in [0.5, 0.6) is 0 Å². The molecule has 2 aliphatic heterocycles. The van der Waals surface area contributed by atoms with Crippen molar-refractivity contribution in [1.82, 2.24) is 9.88 Å². The van der Waals surface area contributed by atoms with Crippen molar-refractivity contribution in [3.8, 4) is 0 Å². The molecule has 0 spiro atoms. The van der Waals surface area contributed by atoms with Crippen molar-refractivity contribution in [3.05, 3.63) is 33.9 Å². The van der Waals surface area contributed by atoms with E-state index in [1.165, 1.54) is 42.1 Å². The maximum Gasteiger partial charge on any atom is 0.305 e. The number of aromatic nitrogens is 1. The van der Waals surface area contributed by atoms with Crippen LogP contribution < -0.4 is 0 Å². The number of piperidine rings is 1. The highest BCUT2D eigenvalue weighted by Gasteiger charge is 2.50. The molecule has 1 fully saturated rings. The molecule has 2 aromatic rings. The number of hydrogen-bond acceptors (Lipinski definition) is 3. The summed E-state index contributed by atoms with van der Waals surface area (Å²) >= 11 is 3.60. The van der Waals surface area contributed by atoms with E-state index in [4.69, 9.17) is 4.74 Å². The Morgan fingerprint density at radius 2 is 2.22 bits per heavy atom. The molecule has 0 radical (unpaired) electrons. The number of rotatable bonds is 4. The van der Waals surface area contributed by atoms with Gasteiger partial charge in [0.05, 0.1) is 12.6 Å². The van der Waals surface area contributed by atoms with Crippen LogP contribution >= 0.6 is 28.3 Å². The minimum atomic E-state index is -0.0926. The molecule has 0 saturated carbocycles. The number of fused-ring (bicyclic) bond motifs is 5. The minimum Gasteiger partial charge on any atom is -0.469 e. The van der Waals surface area contributed by atoms with Gasteiger partial charge in [0.1, 0.15) is 0 Å². The van der Waals surface area contributed by atoms with Crippen LogP contribution in [0.4, 0.5) is 0 Å². The van der Waals surface area contributed by atoms with Gasteiger partial charge in [-0.3, -0.25) is 9.69 Å². The minimum absolute atomic E-state index is 0. The van der Waals surface area contributed by atoms with E-state index in [1.54, 1.807) is 0 Å². The van der Waals surface area contributed by atoms with Crippen molar-refractivity contribution in [2.75, 3.05) is 20.2 Å². The fraction of sp³-hybridized carbons (Fsp3) is 0.571. The lowest BCUT2D eigenvalue weighted by molar-refractivity contribution is -0.141. The molecule has 2 aliphatic rings. The third kappa shape index (κ3) is 3.32. The number of carbonyl (C=O) groups is 1. The summed E-state index contributed by atoms with van der Waals surface area (Å²) in [6, 6.07) is 6.56. The number of carbonyl (C=O) groups excluding carboxylic acids is 1. The van der Waals surface area contributed by atoms with E-state index >= 15 is 0 Å². The Hall–Kier alpha value is -1.04. The zero-order chi connectivity index (χ0) is 18.3. The molecule has 4 rings (SSSR count). The molecule has 1 unspecified atom stereocenters. The van der Waals surface area contributed by atoms with Crippen LogP contribution in [-0.2, 0) is 21.5 Å². The summed E-state index contributed by atoms with van der Waals surface area (Å²) < 4.78 is 6.02. The van der Waals surface area contributed by atoms with Crippen LogP contribution in [0.15, 0.2) is 22.7 Å². The average molecular weight is 456 g/mol. The molecular formula is C21H28BrClN2O2. The first-order valence-electron chi connectivity index (χ1n) is 9.72. The van der Waals surface area contributed by atoms with Gasteiger partial charge in [0, 0.05) is 34.0 Å². The third-order valence-corrected chi connectivity index (χ3v) is 7.11. The third-order valence-electron chi connectivity index (χ3n) is 6.62. The number of halogens is 2. The van der Waals surface area contributed by atoms with Gasteiger partial charge in [-0.25, -0.2) is 0 Å². The molecule has 1 aromatic heterocycles. The van der Waals surface area contributed by atoms with Crippen molar-refractivity contribution < 1.29 is 9.53 Å². The van der Waals surface area contributed by atoms with E-state index in [1.807, 2.05) is 0 Å². The number of H-pyrrole nitrogens is 1. The van der Waals surface area contributed by atoms with Gasteiger partial charge in [-0.1, -0.05) is 28.9 Å². The van der Waals surface area contributed by atoms with Crippen molar-refractivity contribution >= 4 is 45.2 Å². The van der Waals surface area contributed by atoms with Crippen molar-refractivity contribution in [3.63, 3.8) is 0 Å². The van der Waals surface area contributed by atoms with Crippen molar-refractivity contribution in [1.29, 1.82) is 0 Å². The number of nitrogens with one attached hydrogen (secondary N) is 1. The lowest BCUT2D eigenvalue weighted by atomic mass is 9.67. The Bertz CT molecular complexity index is 837. The van der Waals surface area contributed by atoms with Crippen molar-refractivity contribution in [2.24, 2.45) is 5.92 Å². The fourth-order valence-electron chi connectivity index (χ4n) is 5.47. The lowest BCUT2D eigenvalue weighted by Crippen LogP contribution is -2.57. The summed E-state index contributed by atoms with van der Waals surface area (Å²) in [5.74, 6) is 0.390. The van der Waals surface area contributed by atoms with Crippen LogP contribution in [0.3, 0.4) is 0 Å². The number of methoxy groups -OCH3 is 1. The summed E-state index contributed by atoms with van der Waals surface area (Å²) in [5, 5.41) is 1.35. The first-order valence-corrected chi connectivity index (χ1v) is 10.5. The molecule has 0 aliphatic carbocycles. The molecule has 3 heterocycles. The van der Waals surface area contributed by atoms with Gasteiger partial charge in [-0.2, -0.15) is 0 Å². The SMILES string of the molecule is CC[C@]12c3[nH]c4cc(Br)ccc4c3CCN1CCCC2CCC(=O)OC.Cl. The van der Waals surface area contributed by atoms with E-state index in [9.17, 15) is 4.79 Å². The van der Waals surface area contributed by atoms with Crippen LogP contribution in [0.25, 0.3) is 10.9 Å². The summed E-state index contributed by atoms with van der Waals surface area (Å²) in [6.07, 6.45) is 5.98. The largest absolute Gasteiger partial charge is 0.469 e. The normalized spacial score (nSPS) is 24.8. The molecule has 1 saturated heterocycles. The molecule has 1 aromatic carbocycles. The summed E-state index contributed by atoms with van der Waals surface area (Å²) in [6.45, 7) is 4.57. The summed E-state index contributed by atoms with van der Waals surface area (Å²) in [7, 11) is 1.49. The highest BCUT2D eigenvalue weighted by molar-refractivity contribution is 9.10. The molecule has 2 atom stereocenters. The maximum atomic E-state index is 11.8. The van der Waals surface area contributed by atoms with Crippen LogP contribution in [0, 0.1) is 5.92 Å². The Balaban J connectivity index is 0.00000210. The topological polar surface area (TPSA) is 45.3 Å². The molecule has 6 heteroatoms. The van der Waals surface area contributed by atoms with Crippen LogP contribution in [-0.4, -0.2) is 36.1 Å². The van der Waals surface area contributed by atoms with E-state index in [-0.39, 0.29) is 23.9 Å². The molecule has 0 amide bonds. The monoisotopic (exact) mass is 454 g/mol. The number of aromatic amines is 1. The predicted molar refractivity (Wildman–Crippen MR) is 114 cm³/mol. The Labute approximate surface area is 175 Å². The van der Waals surface area contributed by atoms with E-state index in [2.05, 4.69) is 50.9 Å². The maximum absolute atomic E-state index is 11.8. The molecule has 27 heavy (non-hydrogen) atoms. The van der Waals surface area contributed by atoms with Gasteiger partial charge in [0.15, 0.2) is 0 Å². The predicted octanol–water partition coefficient (Wildman–Crippen LogP) is 5.18. The van der Waals surface area contributed by atoms with Crippen LogP contribution in [0.1, 0.15) is 50.3 Å². The number of hydrogen-bond donors (Lipinski definition) is 1. The highest BCUT2D eigenvalue weighted by Crippen LogP contribution is 2.51. The standard InChI is InChI=1S/C21H27BrN2O2.ClH/c1-3-21-14(6-9-19(25)26-2)5-4-11-24(21)12-10-17-16-8-7-15(22)13-18(16)23-20(17)21;/h7-8,13-14,23H,3-6,9-12H2,1-2H3;1H/t14?,21-;/m0./s1. The summed E-state index contributed by atoms with van der Waals surface area (Å²) in [4.78, 5) is 18.3. The number of ether oxygens (including phenoxy) is 1. The number of esters is 1. The van der Waals surface area contributed by atoms with Gasteiger partial charge in [0.25, 0.3) is 0 Å². The van der Waals surface area contributed by atoms with Gasteiger partial charge in [0.2, 0.25) is 0 Å². The number of nitrogens with zero attached hydrogens (tertiary/aromatic N) is 1. The van der Waals surface area contributed by atoms with E-state index in [0.717, 1.165) is 36.8 Å². The smallest absolute Gasteiger partial charge is 0.305 e. The lowest BCUT2D eigenvalue weighted by Gasteiger charge is -2.54.